The molecule has 0 saturated heterocycles. The number of aliphatic hydroxyl groups excluding tert-OH is 1. The van der Waals surface area contributed by atoms with E-state index in [0.717, 1.165) is 6.07 Å². The molecule has 0 heterocycles. The van der Waals surface area contributed by atoms with E-state index in [9.17, 15) is 13.2 Å². The van der Waals surface area contributed by atoms with Gasteiger partial charge < -0.3 is 15.6 Å². The highest BCUT2D eigenvalue weighted by atomic mass is 79.9. The van der Waals surface area contributed by atoms with Gasteiger partial charge in [-0.05, 0) is 28.1 Å². The van der Waals surface area contributed by atoms with E-state index in [4.69, 9.17) is 10.8 Å². The van der Waals surface area contributed by atoms with Crippen molar-refractivity contribution in [1.82, 2.24) is 0 Å². The molecule has 0 aliphatic heterocycles. The van der Waals surface area contributed by atoms with Crippen molar-refractivity contribution in [3.05, 3.63) is 22.2 Å². The second kappa shape index (κ2) is 4.28. The summed E-state index contributed by atoms with van der Waals surface area (Å²) in [6, 6.07) is 2.31. The molecule has 0 aliphatic carbocycles. The summed E-state index contributed by atoms with van der Waals surface area (Å²) in [6.45, 7) is -0.600. The number of rotatable bonds is 2. The molecule has 1 aromatic rings. The van der Waals surface area contributed by atoms with Crippen LogP contribution in [-0.4, -0.2) is 11.5 Å². The monoisotopic (exact) mass is 285 g/mol. The normalized spacial score (nSPS) is 11.5. The van der Waals surface area contributed by atoms with E-state index in [2.05, 4.69) is 20.7 Å². The predicted molar refractivity (Wildman–Crippen MR) is 51.2 cm³/mol. The van der Waals surface area contributed by atoms with Crippen LogP contribution in [0.1, 0.15) is 5.56 Å². The molecular weight excluding hydrogens is 279 g/mol. The molecule has 0 saturated carbocycles. The van der Waals surface area contributed by atoms with Gasteiger partial charge in [-0.15, -0.1) is 13.2 Å². The van der Waals surface area contributed by atoms with Gasteiger partial charge >= 0.3 is 6.36 Å². The first-order chi connectivity index (χ1) is 6.85. The lowest BCUT2D eigenvalue weighted by Crippen LogP contribution is -2.18. The zero-order valence-corrected chi connectivity index (χ0v) is 8.89. The van der Waals surface area contributed by atoms with Crippen molar-refractivity contribution in [3.63, 3.8) is 0 Å². The van der Waals surface area contributed by atoms with E-state index in [1.807, 2.05) is 0 Å². The minimum absolute atomic E-state index is 0.0349. The predicted octanol–water partition coefficient (Wildman–Crippen LogP) is 2.42. The molecule has 0 amide bonds. The van der Waals surface area contributed by atoms with Gasteiger partial charge in [0.05, 0.1) is 6.61 Å². The lowest BCUT2D eigenvalue weighted by Gasteiger charge is -2.14. The molecule has 0 atom stereocenters. The molecule has 1 aromatic carbocycles. The molecule has 3 N–H and O–H groups in total. The number of aliphatic hydroxyl groups is 1. The number of alkyl halides is 3. The maximum absolute atomic E-state index is 11.9. The van der Waals surface area contributed by atoms with E-state index in [-0.39, 0.29) is 15.7 Å². The molecule has 0 radical (unpaired) electrons. The van der Waals surface area contributed by atoms with Crippen molar-refractivity contribution >= 4 is 21.6 Å². The summed E-state index contributed by atoms with van der Waals surface area (Å²) < 4.78 is 39.7. The Morgan fingerprint density at radius 3 is 2.47 bits per heavy atom. The van der Waals surface area contributed by atoms with Gasteiger partial charge in [-0.3, -0.25) is 0 Å². The number of hydrogen-bond donors (Lipinski definition) is 2. The SMILES string of the molecule is Nc1ccc(OC(F)(F)F)c(CO)c1Br. The molecule has 0 bridgehead atoms. The van der Waals surface area contributed by atoms with Crippen molar-refractivity contribution in [3.8, 4) is 5.75 Å². The number of ether oxygens (including phenoxy) is 1. The highest BCUT2D eigenvalue weighted by Crippen LogP contribution is 2.34. The van der Waals surface area contributed by atoms with Crippen LogP contribution < -0.4 is 10.5 Å². The van der Waals surface area contributed by atoms with Crippen molar-refractivity contribution in [2.24, 2.45) is 0 Å². The molecule has 0 aromatic heterocycles. The van der Waals surface area contributed by atoms with Crippen LogP contribution in [0.2, 0.25) is 0 Å². The second-order valence-corrected chi connectivity index (χ2v) is 3.44. The summed E-state index contributed by atoms with van der Waals surface area (Å²) in [4.78, 5) is 0. The summed E-state index contributed by atoms with van der Waals surface area (Å²) >= 11 is 2.97. The zero-order chi connectivity index (χ0) is 11.6. The molecule has 0 aliphatic rings. The van der Waals surface area contributed by atoms with Crippen molar-refractivity contribution in [2.45, 2.75) is 13.0 Å². The first-order valence-corrected chi connectivity index (χ1v) is 4.58. The highest BCUT2D eigenvalue weighted by molar-refractivity contribution is 9.10. The first kappa shape index (κ1) is 12.1. The number of nitrogens with two attached hydrogens (primary N) is 1. The Morgan fingerprint density at radius 1 is 1.40 bits per heavy atom. The average Bonchev–Trinajstić information content (AvgIpc) is 2.10. The van der Waals surface area contributed by atoms with Gasteiger partial charge in [0.1, 0.15) is 5.75 Å². The smallest absolute Gasteiger partial charge is 0.405 e. The van der Waals surface area contributed by atoms with Crippen LogP contribution in [0.15, 0.2) is 16.6 Å². The van der Waals surface area contributed by atoms with Crippen LogP contribution in [0.4, 0.5) is 18.9 Å². The topological polar surface area (TPSA) is 55.5 Å². The van der Waals surface area contributed by atoms with Crippen molar-refractivity contribution in [2.75, 3.05) is 5.73 Å². The molecular formula is C8H7BrF3NO2. The summed E-state index contributed by atoms with van der Waals surface area (Å²) in [5.74, 6) is -0.467. The van der Waals surface area contributed by atoms with Crippen LogP contribution in [0.3, 0.4) is 0 Å². The molecule has 15 heavy (non-hydrogen) atoms. The quantitative estimate of drug-likeness (QED) is 0.821. The third-order valence-electron chi connectivity index (χ3n) is 1.61. The van der Waals surface area contributed by atoms with Gasteiger partial charge in [-0.2, -0.15) is 0 Å². The number of nitrogen functional groups attached to an aromatic ring is 1. The Balaban J connectivity index is 3.14. The molecule has 84 valence electrons. The lowest BCUT2D eigenvalue weighted by molar-refractivity contribution is -0.275. The summed E-state index contributed by atoms with van der Waals surface area (Å²) in [5, 5.41) is 8.89. The Labute approximate surface area is 91.8 Å². The fourth-order valence-corrected chi connectivity index (χ4v) is 1.44. The molecule has 0 unspecified atom stereocenters. The third-order valence-corrected chi connectivity index (χ3v) is 2.55. The third kappa shape index (κ3) is 3.00. The Morgan fingerprint density at radius 2 is 2.00 bits per heavy atom. The van der Waals surface area contributed by atoms with E-state index < -0.39 is 18.7 Å². The van der Waals surface area contributed by atoms with Crippen LogP contribution in [-0.2, 0) is 6.61 Å². The van der Waals surface area contributed by atoms with Crippen LogP contribution in [0.25, 0.3) is 0 Å². The Bertz CT molecular complexity index is 368. The zero-order valence-electron chi connectivity index (χ0n) is 7.31. The average molecular weight is 286 g/mol. The van der Waals surface area contributed by atoms with Crippen LogP contribution in [0.5, 0.6) is 5.75 Å². The van der Waals surface area contributed by atoms with E-state index in [1.54, 1.807) is 0 Å². The van der Waals surface area contributed by atoms with E-state index in [0.29, 0.717) is 0 Å². The Hall–Kier alpha value is -0.950. The summed E-state index contributed by atoms with van der Waals surface area (Å²) in [5.41, 5.74) is 5.63. The fourth-order valence-electron chi connectivity index (χ4n) is 0.989. The maximum Gasteiger partial charge on any atom is 0.573 e. The van der Waals surface area contributed by atoms with Crippen LogP contribution >= 0.6 is 15.9 Å². The van der Waals surface area contributed by atoms with Crippen LogP contribution in [0, 0.1) is 0 Å². The van der Waals surface area contributed by atoms with E-state index >= 15 is 0 Å². The minimum atomic E-state index is -4.79. The molecule has 0 spiro atoms. The number of hydrogen-bond acceptors (Lipinski definition) is 3. The van der Waals surface area contributed by atoms with Gasteiger partial charge in [0.2, 0.25) is 0 Å². The number of halogens is 4. The number of anilines is 1. The standard InChI is InChI=1S/C8H7BrF3NO2/c9-7-4(3-14)6(2-1-5(7)13)15-8(10,11)12/h1-2,14H,3,13H2. The summed E-state index contributed by atoms with van der Waals surface area (Å²) in [7, 11) is 0. The molecule has 7 heteroatoms. The molecule has 0 fully saturated rings. The van der Waals surface area contributed by atoms with E-state index in [1.165, 1.54) is 6.07 Å². The minimum Gasteiger partial charge on any atom is -0.405 e. The first-order valence-electron chi connectivity index (χ1n) is 3.78. The molecule has 3 nitrogen and oxygen atoms in total. The largest absolute Gasteiger partial charge is 0.573 e. The van der Waals surface area contributed by atoms with Crippen molar-refractivity contribution in [1.29, 1.82) is 0 Å². The van der Waals surface area contributed by atoms with Gasteiger partial charge in [-0.25, -0.2) is 0 Å². The van der Waals surface area contributed by atoms with Gasteiger partial charge in [0.25, 0.3) is 0 Å². The van der Waals surface area contributed by atoms with Crippen molar-refractivity contribution < 1.29 is 23.0 Å². The second-order valence-electron chi connectivity index (χ2n) is 2.65. The maximum atomic E-state index is 11.9. The van der Waals surface area contributed by atoms with Gasteiger partial charge in [0, 0.05) is 15.7 Å². The van der Waals surface area contributed by atoms with Gasteiger partial charge in [-0.1, -0.05) is 0 Å². The lowest BCUT2D eigenvalue weighted by atomic mass is 10.2. The molecule has 1 rings (SSSR count). The Kier molecular flexibility index (Phi) is 3.46. The highest BCUT2D eigenvalue weighted by Gasteiger charge is 2.32. The fraction of sp³-hybridized carbons (Fsp3) is 0.250. The summed E-state index contributed by atoms with van der Waals surface area (Å²) in [6.07, 6.45) is -4.79. The number of benzene rings is 1. The van der Waals surface area contributed by atoms with Gasteiger partial charge in [0.15, 0.2) is 0 Å².